The molecule has 0 aromatic carbocycles. The standard InChI is InChI=1S/C20H40/c1-7-12-16(3)13-10-9-11-14-17(4)20(6)18(5)15-19(20)8-2/h16-19H,7-15H2,1-6H3. The van der Waals surface area contributed by atoms with E-state index in [2.05, 4.69) is 41.5 Å². The van der Waals surface area contributed by atoms with Crippen molar-refractivity contribution in [3.05, 3.63) is 0 Å². The Kier molecular flexibility index (Phi) is 7.62. The van der Waals surface area contributed by atoms with E-state index in [0.29, 0.717) is 5.41 Å². The van der Waals surface area contributed by atoms with Crippen molar-refractivity contribution in [2.24, 2.45) is 29.1 Å². The topological polar surface area (TPSA) is 0 Å². The van der Waals surface area contributed by atoms with Crippen molar-refractivity contribution in [1.82, 2.24) is 0 Å². The molecule has 0 bridgehead atoms. The molecule has 1 fully saturated rings. The van der Waals surface area contributed by atoms with E-state index >= 15 is 0 Å². The van der Waals surface area contributed by atoms with Gasteiger partial charge in [-0.15, -0.1) is 0 Å². The minimum Gasteiger partial charge on any atom is -0.0654 e. The van der Waals surface area contributed by atoms with Gasteiger partial charge in [0.1, 0.15) is 0 Å². The highest BCUT2D eigenvalue weighted by Gasteiger charge is 2.50. The second kappa shape index (κ2) is 8.44. The second-order valence-electron chi connectivity index (χ2n) is 8.04. The smallest absolute Gasteiger partial charge is 0.0246 e. The number of hydrogen-bond acceptors (Lipinski definition) is 0. The SMILES string of the molecule is CCCC(C)CCCCCC(C)C1(C)C(C)CC1CC. The van der Waals surface area contributed by atoms with Crippen molar-refractivity contribution in [3.63, 3.8) is 0 Å². The minimum absolute atomic E-state index is 0.643. The Morgan fingerprint density at radius 2 is 1.65 bits per heavy atom. The molecule has 5 atom stereocenters. The fourth-order valence-corrected chi connectivity index (χ4v) is 4.74. The van der Waals surface area contributed by atoms with E-state index < -0.39 is 0 Å². The van der Waals surface area contributed by atoms with Gasteiger partial charge < -0.3 is 0 Å². The van der Waals surface area contributed by atoms with Gasteiger partial charge in [0.25, 0.3) is 0 Å². The highest BCUT2D eigenvalue weighted by Crippen LogP contribution is 2.58. The molecular weight excluding hydrogens is 240 g/mol. The average molecular weight is 281 g/mol. The minimum atomic E-state index is 0.643. The zero-order valence-corrected chi connectivity index (χ0v) is 15.2. The molecule has 20 heavy (non-hydrogen) atoms. The van der Waals surface area contributed by atoms with Gasteiger partial charge in [-0.1, -0.05) is 92.9 Å². The molecule has 0 amide bonds. The zero-order valence-electron chi connectivity index (χ0n) is 15.2. The van der Waals surface area contributed by atoms with Crippen LogP contribution in [0.2, 0.25) is 0 Å². The summed E-state index contributed by atoms with van der Waals surface area (Å²) >= 11 is 0. The predicted octanol–water partition coefficient (Wildman–Crippen LogP) is 7.08. The molecule has 0 aromatic rings. The van der Waals surface area contributed by atoms with Crippen LogP contribution >= 0.6 is 0 Å². The summed E-state index contributed by atoms with van der Waals surface area (Å²) in [6.45, 7) is 14.7. The lowest BCUT2D eigenvalue weighted by atomic mass is 9.48. The maximum absolute atomic E-state index is 2.57. The Morgan fingerprint density at radius 3 is 2.20 bits per heavy atom. The van der Waals surface area contributed by atoms with Gasteiger partial charge >= 0.3 is 0 Å². The zero-order chi connectivity index (χ0) is 15.2. The van der Waals surface area contributed by atoms with E-state index in [1.807, 2.05) is 0 Å². The molecule has 0 nitrogen and oxygen atoms in total. The third-order valence-electron chi connectivity index (χ3n) is 6.75. The van der Waals surface area contributed by atoms with E-state index in [-0.39, 0.29) is 0 Å². The maximum atomic E-state index is 2.57. The molecule has 1 aliphatic carbocycles. The van der Waals surface area contributed by atoms with Gasteiger partial charge in [0, 0.05) is 0 Å². The van der Waals surface area contributed by atoms with Crippen LogP contribution in [-0.2, 0) is 0 Å². The monoisotopic (exact) mass is 280 g/mol. The van der Waals surface area contributed by atoms with Gasteiger partial charge in [-0.2, -0.15) is 0 Å². The first-order valence-corrected chi connectivity index (χ1v) is 9.46. The fourth-order valence-electron chi connectivity index (χ4n) is 4.74. The van der Waals surface area contributed by atoms with Gasteiger partial charge in [-0.3, -0.25) is 0 Å². The number of rotatable bonds is 10. The molecule has 0 aliphatic heterocycles. The molecule has 1 saturated carbocycles. The van der Waals surface area contributed by atoms with Gasteiger partial charge in [-0.05, 0) is 35.5 Å². The summed E-state index contributed by atoms with van der Waals surface area (Å²) in [4.78, 5) is 0. The van der Waals surface area contributed by atoms with Crippen LogP contribution in [-0.4, -0.2) is 0 Å². The van der Waals surface area contributed by atoms with E-state index in [1.165, 1.54) is 57.8 Å². The van der Waals surface area contributed by atoms with Crippen LogP contribution < -0.4 is 0 Å². The van der Waals surface area contributed by atoms with Gasteiger partial charge in [0.05, 0.1) is 0 Å². The van der Waals surface area contributed by atoms with Crippen LogP contribution in [0.3, 0.4) is 0 Å². The summed E-state index contributed by atoms with van der Waals surface area (Å²) in [5.41, 5.74) is 0.643. The van der Waals surface area contributed by atoms with Crippen LogP contribution in [0.1, 0.15) is 99.3 Å². The van der Waals surface area contributed by atoms with Gasteiger partial charge in [-0.25, -0.2) is 0 Å². The Labute approximate surface area is 129 Å². The maximum Gasteiger partial charge on any atom is -0.0246 e. The highest BCUT2D eigenvalue weighted by atomic mass is 14.5. The van der Waals surface area contributed by atoms with Crippen molar-refractivity contribution in [3.8, 4) is 0 Å². The van der Waals surface area contributed by atoms with Gasteiger partial charge in [0.2, 0.25) is 0 Å². The lowest BCUT2D eigenvalue weighted by molar-refractivity contribution is -0.0780. The summed E-state index contributed by atoms with van der Waals surface area (Å²) in [6, 6.07) is 0. The summed E-state index contributed by atoms with van der Waals surface area (Å²) in [5, 5.41) is 0. The Hall–Kier alpha value is 0. The van der Waals surface area contributed by atoms with E-state index in [9.17, 15) is 0 Å². The highest BCUT2D eigenvalue weighted by molar-refractivity contribution is 4.99. The lowest BCUT2D eigenvalue weighted by Gasteiger charge is -2.57. The Bertz CT molecular complexity index is 257. The third kappa shape index (κ3) is 4.25. The van der Waals surface area contributed by atoms with Crippen LogP contribution in [0.25, 0.3) is 0 Å². The summed E-state index contributed by atoms with van der Waals surface area (Å²) < 4.78 is 0. The second-order valence-corrected chi connectivity index (χ2v) is 8.04. The molecule has 0 N–H and O–H groups in total. The molecule has 0 radical (unpaired) electrons. The molecule has 120 valence electrons. The van der Waals surface area contributed by atoms with Gasteiger partial charge in [0.15, 0.2) is 0 Å². The van der Waals surface area contributed by atoms with E-state index in [4.69, 9.17) is 0 Å². The van der Waals surface area contributed by atoms with Crippen LogP contribution in [0.4, 0.5) is 0 Å². The first-order valence-electron chi connectivity index (χ1n) is 9.46. The molecule has 0 heteroatoms. The van der Waals surface area contributed by atoms with Crippen LogP contribution in [0, 0.1) is 29.1 Å². The normalized spacial score (nSPS) is 32.7. The Morgan fingerprint density at radius 1 is 1.00 bits per heavy atom. The van der Waals surface area contributed by atoms with Crippen LogP contribution in [0.5, 0.6) is 0 Å². The predicted molar refractivity (Wildman–Crippen MR) is 92.0 cm³/mol. The van der Waals surface area contributed by atoms with Crippen molar-refractivity contribution in [2.75, 3.05) is 0 Å². The largest absolute Gasteiger partial charge is 0.0654 e. The van der Waals surface area contributed by atoms with Crippen molar-refractivity contribution < 1.29 is 0 Å². The number of unbranched alkanes of at least 4 members (excludes halogenated alkanes) is 2. The molecular formula is C20H40. The molecule has 0 spiro atoms. The summed E-state index contributed by atoms with van der Waals surface area (Å²) in [5.74, 6) is 3.82. The molecule has 0 heterocycles. The molecule has 1 aliphatic rings. The average Bonchev–Trinajstić information content (AvgIpc) is 2.43. The first kappa shape index (κ1) is 18.1. The lowest BCUT2D eigenvalue weighted by Crippen LogP contribution is -2.49. The van der Waals surface area contributed by atoms with Crippen LogP contribution in [0.15, 0.2) is 0 Å². The third-order valence-corrected chi connectivity index (χ3v) is 6.75. The summed E-state index contributed by atoms with van der Waals surface area (Å²) in [7, 11) is 0. The Balaban J connectivity index is 2.18. The van der Waals surface area contributed by atoms with Crippen molar-refractivity contribution in [2.45, 2.75) is 99.3 Å². The molecule has 0 saturated heterocycles. The molecule has 5 unspecified atom stereocenters. The fraction of sp³-hybridized carbons (Fsp3) is 1.00. The summed E-state index contributed by atoms with van der Waals surface area (Å²) in [6.07, 6.45) is 12.9. The first-order chi connectivity index (χ1) is 9.46. The van der Waals surface area contributed by atoms with E-state index in [1.54, 1.807) is 0 Å². The van der Waals surface area contributed by atoms with Crippen molar-refractivity contribution >= 4 is 0 Å². The van der Waals surface area contributed by atoms with E-state index in [0.717, 1.165) is 23.7 Å². The quantitative estimate of drug-likeness (QED) is 0.375. The van der Waals surface area contributed by atoms with Crippen molar-refractivity contribution in [1.29, 1.82) is 0 Å². The number of hydrogen-bond donors (Lipinski definition) is 0. The molecule has 0 aromatic heterocycles. The molecule has 1 rings (SSSR count).